The van der Waals surface area contributed by atoms with Crippen molar-refractivity contribution >= 4 is 16.8 Å². The summed E-state index contributed by atoms with van der Waals surface area (Å²) in [5.41, 5.74) is 11.4. The summed E-state index contributed by atoms with van der Waals surface area (Å²) in [7, 11) is 0. The van der Waals surface area contributed by atoms with Crippen molar-refractivity contribution < 1.29 is 4.79 Å². The van der Waals surface area contributed by atoms with E-state index in [0.29, 0.717) is 18.5 Å². The molecular formula is C23H25N3O2. The second kappa shape index (κ2) is 7.24. The van der Waals surface area contributed by atoms with Crippen LogP contribution >= 0.6 is 0 Å². The average Bonchev–Trinajstić information content (AvgIpc) is 3.00. The van der Waals surface area contributed by atoms with Crippen LogP contribution in [-0.2, 0) is 19.5 Å². The number of carbonyl (C=O) groups is 1. The Morgan fingerprint density at radius 2 is 1.96 bits per heavy atom. The average molecular weight is 375 g/mol. The van der Waals surface area contributed by atoms with Gasteiger partial charge in [0.15, 0.2) is 0 Å². The molecule has 0 bridgehead atoms. The first-order valence-electron chi connectivity index (χ1n) is 9.77. The Labute approximate surface area is 164 Å². The summed E-state index contributed by atoms with van der Waals surface area (Å²) in [5.74, 6) is -0.348. The van der Waals surface area contributed by atoms with Crippen molar-refractivity contribution in [1.82, 2.24) is 9.88 Å². The van der Waals surface area contributed by atoms with E-state index in [1.54, 1.807) is 6.20 Å². The maximum absolute atomic E-state index is 13.1. The molecule has 0 spiro atoms. The monoisotopic (exact) mass is 375 g/mol. The molecule has 3 N–H and O–H groups in total. The van der Waals surface area contributed by atoms with E-state index >= 15 is 0 Å². The highest BCUT2D eigenvalue weighted by Gasteiger charge is 2.25. The molecule has 1 aromatic heterocycles. The first-order chi connectivity index (χ1) is 13.5. The summed E-state index contributed by atoms with van der Waals surface area (Å²) in [6, 6.07) is 11.8. The topological polar surface area (TPSA) is 77.1 Å². The van der Waals surface area contributed by atoms with Gasteiger partial charge in [-0.1, -0.05) is 49.2 Å². The van der Waals surface area contributed by atoms with Gasteiger partial charge in [-0.2, -0.15) is 0 Å². The molecule has 0 radical (unpaired) electrons. The fourth-order valence-corrected chi connectivity index (χ4v) is 3.95. The number of rotatable bonds is 5. The number of benzene rings is 2. The molecule has 1 amide bonds. The van der Waals surface area contributed by atoms with Crippen molar-refractivity contribution in [1.29, 1.82) is 0 Å². The number of nitrogens with two attached hydrogens (primary N) is 1. The molecule has 1 aliphatic rings. The summed E-state index contributed by atoms with van der Waals surface area (Å²) in [4.78, 5) is 25.9. The van der Waals surface area contributed by atoms with Gasteiger partial charge in [-0.15, -0.1) is 0 Å². The minimum atomic E-state index is -0.348. The molecule has 5 heteroatoms. The van der Waals surface area contributed by atoms with Crippen LogP contribution in [0.4, 0.5) is 0 Å². The zero-order valence-corrected chi connectivity index (χ0v) is 16.3. The van der Waals surface area contributed by atoms with Crippen molar-refractivity contribution in [3.63, 3.8) is 0 Å². The van der Waals surface area contributed by atoms with Crippen molar-refractivity contribution in [3.05, 3.63) is 80.6 Å². The van der Waals surface area contributed by atoms with Crippen molar-refractivity contribution in [2.75, 3.05) is 0 Å². The first-order valence-corrected chi connectivity index (χ1v) is 9.77. The van der Waals surface area contributed by atoms with Crippen LogP contribution in [-0.4, -0.2) is 10.5 Å². The molecule has 28 heavy (non-hydrogen) atoms. The number of hydrogen-bond donors (Lipinski definition) is 2. The summed E-state index contributed by atoms with van der Waals surface area (Å²) >= 11 is 0. The van der Waals surface area contributed by atoms with Gasteiger partial charge in [0, 0.05) is 30.7 Å². The fourth-order valence-electron chi connectivity index (χ4n) is 3.95. The number of hydrogen-bond acceptors (Lipinski definition) is 3. The summed E-state index contributed by atoms with van der Waals surface area (Å²) < 4.78 is 1.95. The molecule has 1 atom stereocenters. The van der Waals surface area contributed by atoms with Gasteiger partial charge in [-0.3, -0.25) is 9.59 Å². The van der Waals surface area contributed by atoms with E-state index in [0.717, 1.165) is 35.0 Å². The molecule has 0 fully saturated rings. The summed E-state index contributed by atoms with van der Waals surface area (Å²) in [6.45, 7) is 5.10. The molecule has 1 unspecified atom stereocenters. The van der Waals surface area contributed by atoms with Gasteiger partial charge in [-0.05, 0) is 36.1 Å². The maximum atomic E-state index is 13.1. The summed E-state index contributed by atoms with van der Waals surface area (Å²) in [5, 5.41) is 3.47. The van der Waals surface area contributed by atoms with Crippen LogP contribution in [0.1, 0.15) is 52.0 Å². The van der Waals surface area contributed by atoms with Gasteiger partial charge >= 0.3 is 0 Å². The molecule has 0 saturated carbocycles. The van der Waals surface area contributed by atoms with Gasteiger partial charge in [0.25, 0.3) is 5.91 Å². The van der Waals surface area contributed by atoms with Crippen LogP contribution in [0.3, 0.4) is 0 Å². The SMILES string of the molecule is CCCc1cc2c3c(c1)c(=O)c(C(=O)NCc1ccc(C)cc1)cn3CC2N. The van der Waals surface area contributed by atoms with E-state index in [1.165, 1.54) is 5.56 Å². The predicted molar refractivity (Wildman–Crippen MR) is 111 cm³/mol. The second-order valence-corrected chi connectivity index (χ2v) is 7.63. The van der Waals surface area contributed by atoms with E-state index in [1.807, 2.05) is 41.8 Å². The lowest BCUT2D eigenvalue weighted by atomic mass is 9.99. The molecule has 2 aromatic carbocycles. The minimum absolute atomic E-state index is 0.149. The number of aryl methyl sites for hydroxylation is 2. The Morgan fingerprint density at radius 3 is 2.68 bits per heavy atom. The number of aromatic nitrogens is 1. The number of nitrogens with zero attached hydrogens (tertiary/aromatic N) is 1. The molecule has 1 aliphatic heterocycles. The lowest BCUT2D eigenvalue weighted by molar-refractivity contribution is 0.0949. The van der Waals surface area contributed by atoms with Gasteiger partial charge < -0.3 is 15.6 Å². The molecule has 0 aliphatic carbocycles. The standard InChI is InChI=1S/C23H25N3O2/c1-3-4-16-9-17-20(24)13-26-12-19(22(27)18(10-16)21(17)26)23(28)25-11-15-7-5-14(2)6-8-15/h5-10,12,20H,3-4,11,13,24H2,1-2H3,(H,25,28). The number of amides is 1. The van der Waals surface area contributed by atoms with E-state index in [2.05, 4.69) is 18.3 Å². The first kappa shape index (κ1) is 18.4. The Morgan fingerprint density at radius 1 is 1.21 bits per heavy atom. The lowest BCUT2D eigenvalue weighted by Gasteiger charge is -2.11. The van der Waals surface area contributed by atoms with Crippen LogP contribution in [0.5, 0.6) is 0 Å². The van der Waals surface area contributed by atoms with Crippen molar-refractivity contribution in [2.24, 2.45) is 5.73 Å². The molecular weight excluding hydrogens is 350 g/mol. The third-order valence-corrected chi connectivity index (χ3v) is 5.41. The van der Waals surface area contributed by atoms with Gasteiger partial charge in [0.05, 0.1) is 5.52 Å². The largest absolute Gasteiger partial charge is 0.348 e. The third kappa shape index (κ3) is 3.22. The highest BCUT2D eigenvalue weighted by Crippen LogP contribution is 2.31. The normalized spacial score (nSPS) is 15.2. The fraction of sp³-hybridized carbons (Fsp3) is 0.304. The highest BCUT2D eigenvalue weighted by molar-refractivity contribution is 5.98. The van der Waals surface area contributed by atoms with Gasteiger partial charge in [-0.25, -0.2) is 0 Å². The molecule has 3 aromatic rings. The zero-order chi connectivity index (χ0) is 19.8. The van der Waals surface area contributed by atoms with Crippen LogP contribution < -0.4 is 16.5 Å². The Balaban J connectivity index is 1.70. The van der Waals surface area contributed by atoms with Crippen LogP contribution in [0.2, 0.25) is 0 Å². The Hall–Kier alpha value is -2.92. The minimum Gasteiger partial charge on any atom is -0.348 e. The molecule has 144 valence electrons. The second-order valence-electron chi connectivity index (χ2n) is 7.63. The van der Waals surface area contributed by atoms with E-state index in [4.69, 9.17) is 5.73 Å². The number of nitrogens with one attached hydrogen (secondary N) is 1. The van der Waals surface area contributed by atoms with Crippen molar-refractivity contribution in [2.45, 2.75) is 45.8 Å². The van der Waals surface area contributed by atoms with Crippen LogP contribution in [0.15, 0.2) is 47.4 Å². The smallest absolute Gasteiger partial charge is 0.257 e. The number of pyridine rings is 1. The third-order valence-electron chi connectivity index (χ3n) is 5.41. The highest BCUT2D eigenvalue weighted by atomic mass is 16.2. The van der Waals surface area contributed by atoms with Crippen molar-refractivity contribution in [3.8, 4) is 0 Å². The predicted octanol–water partition coefficient (Wildman–Crippen LogP) is 3.21. The zero-order valence-electron chi connectivity index (χ0n) is 16.3. The molecule has 5 nitrogen and oxygen atoms in total. The van der Waals surface area contributed by atoms with Crippen LogP contribution in [0.25, 0.3) is 10.9 Å². The number of carbonyl (C=O) groups excluding carboxylic acids is 1. The Bertz CT molecular complexity index is 1110. The van der Waals surface area contributed by atoms with E-state index in [9.17, 15) is 9.59 Å². The quantitative estimate of drug-likeness (QED) is 0.719. The van der Waals surface area contributed by atoms with E-state index in [-0.39, 0.29) is 22.9 Å². The summed E-state index contributed by atoms with van der Waals surface area (Å²) in [6.07, 6.45) is 3.54. The Kier molecular flexibility index (Phi) is 4.77. The maximum Gasteiger partial charge on any atom is 0.257 e. The van der Waals surface area contributed by atoms with Gasteiger partial charge in [0.1, 0.15) is 5.56 Å². The van der Waals surface area contributed by atoms with Crippen LogP contribution in [0, 0.1) is 6.92 Å². The molecule has 0 saturated heterocycles. The molecule has 4 rings (SSSR count). The lowest BCUT2D eigenvalue weighted by Crippen LogP contribution is -2.29. The molecule has 2 heterocycles. The van der Waals surface area contributed by atoms with E-state index < -0.39 is 0 Å². The van der Waals surface area contributed by atoms with Gasteiger partial charge in [0.2, 0.25) is 5.43 Å².